The van der Waals surface area contributed by atoms with Crippen LogP contribution in [0.5, 0.6) is 0 Å². The maximum Gasteiger partial charge on any atom is 0.146 e. The van der Waals surface area contributed by atoms with Crippen LogP contribution in [0.1, 0.15) is 20.6 Å². The molecular weight excluding hydrogens is 569 g/mol. The molecule has 0 N–H and O–H groups in total. The van der Waals surface area contributed by atoms with Gasteiger partial charge < -0.3 is 0 Å². The van der Waals surface area contributed by atoms with Crippen LogP contribution in [0, 0.1) is 0 Å². The predicted octanol–water partition coefficient (Wildman–Crippen LogP) is 12.0. The summed E-state index contributed by atoms with van der Waals surface area (Å²) in [6, 6.07) is 18.8. The van der Waals surface area contributed by atoms with Gasteiger partial charge in [0.15, 0.2) is 0 Å². The number of para-hydroxylation sites is 3. The molecule has 1 heterocycles. The molecule has 1 aromatic heterocycles. The Balaban J connectivity index is 1.45. The molecule has 0 aliphatic rings. The molecule has 220 valence electrons. The molecule has 8 aromatic carbocycles. The van der Waals surface area contributed by atoms with Crippen LogP contribution in [0.3, 0.4) is 0 Å². The van der Waals surface area contributed by atoms with Crippen LogP contribution in [-0.2, 0) is 0 Å². The number of hydrogen-bond donors (Lipinski definition) is 0. The minimum Gasteiger partial charge on any atom is -0.292 e. The fraction of sp³-hybridized carbons (Fsp3) is 0. The van der Waals surface area contributed by atoms with E-state index in [1.165, 1.54) is 6.07 Å². The molecule has 0 saturated carbocycles. The van der Waals surface area contributed by atoms with Crippen molar-refractivity contribution in [3.05, 3.63) is 182 Å². The van der Waals surface area contributed by atoms with E-state index < -0.39 is 90.6 Å². The second-order valence-corrected chi connectivity index (χ2v) is 10.9. The Hall–Kier alpha value is -6.25. The molecule has 9 aromatic rings. The van der Waals surface area contributed by atoms with Gasteiger partial charge in [0.05, 0.1) is 31.6 Å². The van der Waals surface area contributed by atoms with Gasteiger partial charge in [0, 0.05) is 11.3 Å². The van der Waals surface area contributed by atoms with E-state index in [0.29, 0.717) is 49.3 Å². The minimum atomic E-state index is -0.590. The Bertz CT molecular complexity index is 3200. The zero-order chi connectivity index (χ0) is 44.2. The lowest BCUT2D eigenvalue weighted by Crippen LogP contribution is -1.99. The summed E-state index contributed by atoms with van der Waals surface area (Å²) < 4.78 is 131. The summed E-state index contributed by atoms with van der Waals surface area (Å²) in [6.07, 6.45) is 0. The fourth-order valence-corrected chi connectivity index (χ4v) is 6.30. The smallest absolute Gasteiger partial charge is 0.146 e. The molecular formula is C45H30N2. The van der Waals surface area contributed by atoms with E-state index in [2.05, 4.69) is 0 Å². The summed E-state index contributed by atoms with van der Waals surface area (Å²) in [6.45, 7) is 0. The number of fused-ring (bicyclic) bond motifs is 3. The third-order valence-electron chi connectivity index (χ3n) is 8.23. The third-order valence-corrected chi connectivity index (χ3v) is 8.23. The minimum absolute atomic E-state index is 0.0912. The van der Waals surface area contributed by atoms with Crippen LogP contribution < -0.4 is 0 Å². The lowest BCUT2D eigenvalue weighted by Gasteiger charge is -2.19. The predicted molar refractivity (Wildman–Crippen MR) is 198 cm³/mol. The summed E-state index contributed by atoms with van der Waals surface area (Å²) in [7, 11) is 0. The molecule has 2 heteroatoms. The van der Waals surface area contributed by atoms with E-state index in [9.17, 15) is 0 Å². The van der Waals surface area contributed by atoms with E-state index in [-0.39, 0.29) is 33.8 Å². The Morgan fingerprint density at radius 2 is 0.872 bits per heavy atom. The lowest BCUT2D eigenvalue weighted by molar-refractivity contribution is 1.11. The summed E-state index contributed by atoms with van der Waals surface area (Å²) in [5.41, 5.74) is 2.47. The average molecular weight is 614 g/mol. The van der Waals surface area contributed by atoms with Gasteiger partial charge in [-0.2, -0.15) is 0 Å². The van der Waals surface area contributed by atoms with E-state index in [1.54, 1.807) is 41.0 Å². The largest absolute Gasteiger partial charge is 0.292 e. The highest BCUT2D eigenvalue weighted by molar-refractivity contribution is 6.21. The summed E-state index contributed by atoms with van der Waals surface area (Å²) in [5.74, 6) is 0.288. The van der Waals surface area contributed by atoms with E-state index in [4.69, 9.17) is 25.5 Å². The van der Waals surface area contributed by atoms with Gasteiger partial charge in [-0.15, -0.1) is 0 Å². The summed E-state index contributed by atoms with van der Waals surface area (Å²) in [4.78, 5) is 5.06. The highest BCUT2D eigenvalue weighted by Gasteiger charge is 2.22. The van der Waals surface area contributed by atoms with Gasteiger partial charge in [-0.05, 0) is 97.3 Å². The number of rotatable bonds is 5. The molecule has 0 fully saturated rings. The van der Waals surface area contributed by atoms with Crippen molar-refractivity contribution in [3.63, 3.8) is 0 Å². The first-order valence-corrected chi connectivity index (χ1v) is 14.8. The van der Waals surface area contributed by atoms with Crippen molar-refractivity contribution in [3.8, 4) is 50.5 Å². The zero-order valence-electron chi connectivity index (χ0n) is 39.6. The monoisotopic (exact) mass is 613 g/mol. The molecule has 0 amide bonds. The first-order chi connectivity index (χ1) is 29.5. The molecule has 0 unspecified atom stereocenters. The first-order valence-electron chi connectivity index (χ1n) is 22.3. The number of hydrogen-bond acceptors (Lipinski definition) is 1. The number of aromatic nitrogens is 2. The fourth-order valence-electron chi connectivity index (χ4n) is 6.30. The van der Waals surface area contributed by atoms with Gasteiger partial charge >= 0.3 is 0 Å². The van der Waals surface area contributed by atoms with Crippen molar-refractivity contribution in [1.82, 2.24) is 9.55 Å². The van der Waals surface area contributed by atoms with E-state index >= 15 is 0 Å². The summed E-state index contributed by atoms with van der Waals surface area (Å²) >= 11 is 0. The zero-order valence-corrected chi connectivity index (χ0v) is 24.6. The Morgan fingerprint density at radius 1 is 0.426 bits per heavy atom. The highest BCUT2D eigenvalue weighted by Crippen LogP contribution is 2.46. The maximum atomic E-state index is 8.99. The van der Waals surface area contributed by atoms with Gasteiger partial charge in [0.2, 0.25) is 0 Å². The molecule has 0 aliphatic carbocycles. The van der Waals surface area contributed by atoms with Crippen molar-refractivity contribution >= 4 is 32.6 Å². The second-order valence-electron chi connectivity index (χ2n) is 10.9. The Labute approximate surface area is 294 Å². The third kappa shape index (κ3) is 4.62. The van der Waals surface area contributed by atoms with Gasteiger partial charge in [-0.1, -0.05) is 139 Å². The summed E-state index contributed by atoms with van der Waals surface area (Å²) in [5, 5.41) is 2.52. The van der Waals surface area contributed by atoms with Crippen LogP contribution in [-0.4, -0.2) is 9.55 Å². The van der Waals surface area contributed by atoms with Crippen LogP contribution >= 0.6 is 0 Å². The maximum absolute atomic E-state index is 8.99. The number of imidazole rings is 1. The molecule has 0 aliphatic heterocycles. The van der Waals surface area contributed by atoms with Crippen LogP contribution in [0.25, 0.3) is 83.0 Å². The van der Waals surface area contributed by atoms with Crippen molar-refractivity contribution in [2.24, 2.45) is 0 Å². The first kappa shape index (κ1) is 15.8. The van der Waals surface area contributed by atoms with Crippen LogP contribution in [0.2, 0.25) is 0 Å². The average Bonchev–Trinajstić information content (AvgIpc) is 3.65. The van der Waals surface area contributed by atoms with Gasteiger partial charge in [-0.3, -0.25) is 4.57 Å². The van der Waals surface area contributed by atoms with E-state index in [1.807, 2.05) is 48.5 Å². The topological polar surface area (TPSA) is 17.8 Å². The van der Waals surface area contributed by atoms with Gasteiger partial charge in [0.1, 0.15) is 5.82 Å². The molecule has 0 atom stereocenters. The van der Waals surface area contributed by atoms with Crippen molar-refractivity contribution in [2.45, 2.75) is 0 Å². The SMILES string of the molecule is [2H]c1c([2H])c([2H])c(-c2cc(-c3c([2H])c([2H])c([2H])c([2H])c3[2H])cc(-c3c4ccccc4c(-c4nc5ccccc5n4-c4c([2H])c([2H])c([2H])c([2H])c4[2H])c4ccccc34)c2)c([2H])c1[2H]. The number of benzene rings is 8. The molecule has 0 spiro atoms. The molecule has 0 bridgehead atoms. The van der Waals surface area contributed by atoms with Crippen LogP contribution in [0.15, 0.2) is 182 Å². The van der Waals surface area contributed by atoms with Gasteiger partial charge in [-0.25, -0.2) is 4.98 Å². The molecule has 2 nitrogen and oxygen atoms in total. The Kier molecular flexibility index (Phi) is 3.80. The van der Waals surface area contributed by atoms with Crippen molar-refractivity contribution in [1.29, 1.82) is 0 Å². The van der Waals surface area contributed by atoms with E-state index in [0.717, 1.165) is 0 Å². The van der Waals surface area contributed by atoms with Crippen molar-refractivity contribution < 1.29 is 20.6 Å². The van der Waals surface area contributed by atoms with Gasteiger partial charge in [0.25, 0.3) is 0 Å². The van der Waals surface area contributed by atoms with Crippen LogP contribution in [0.4, 0.5) is 0 Å². The molecule has 0 radical (unpaired) electrons. The molecule has 0 saturated heterocycles. The second kappa shape index (κ2) is 11.3. The quantitative estimate of drug-likeness (QED) is 0.177. The normalized spacial score (nSPS) is 15.9. The number of nitrogens with zero attached hydrogens (tertiary/aromatic N) is 2. The van der Waals surface area contributed by atoms with Crippen molar-refractivity contribution in [2.75, 3.05) is 0 Å². The Morgan fingerprint density at radius 3 is 1.43 bits per heavy atom. The highest BCUT2D eigenvalue weighted by atomic mass is 15.1. The standard InChI is InChI=1S/C45H30N2/c1-4-16-31(17-5-1)33-28-34(32-18-6-2-7-19-32)30-35(29-33)43-37-22-10-12-24-39(37)44(40-25-13-11-23-38(40)43)45-46-41-26-14-15-27-42(41)47(45)36-20-8-3-9-21-36/h1-30H/i1D,2D,3D,4D,5D,6D,7D,8D,9D,16D,17D,18D,19D,20D,21D. The molecule has 47 heavy (non-hydrogen) atoms. The lowest BCUT2D eigenvalue weighted by atomic mass is 9.86. The molecule has 9 rings (SSSR count).